The van der Waals surface area contributed by atoms with Crippen LogP contribution in [0.3, 0.4) is 0 Å². The zero-order valence-corrected chi connectivity index (χ0v) is 15.2. The van der Waals surface area contributed by atoms with E-state index in [1.807, 2.05) is 4.90 Å². The van der Waals surface area contributed by atoms with Crippen molar-refractivity contribution in [3.8, 4) is 0 Å². The number of hydrogen-bond acceptors (Lipinski definition) is 3. The Kier molecular flexibility index (Phi) is 5.37. The van der Waals surface area contributed by atoms with Gasteiger partial charge in [0.05, 0.1) is 12.5 Å². The quantitative estimate of drug-likeness (QED) is 0.842. The Bertz CT molecular complexity index is 602. The maximum atomic E-state index is 12.7. The Morgan fingerprint density at radius 3 is 2.60 bits per heavy atom. The molecule has 1 unspecified atom stereocenters. The standard InChI is InChI=1S/C21H30N2O2/c24-21(15-17-7-8-18-4-1-2-5-19(18)14-17)23-11-9-22(10-12-23)16-20-6-3-13-25-20/h7-8,14,20H,1-6,9-13,15-16H2. The maximum Gasteiger partial charge on any atom is 0.227 e. The summed E-state index contributed by atoms with van der Waals surface area (Å²) in [5.74, 6) is 0.285. The molecule has 2 aliphatic heterocycles. The van der Waals surface area contributed by atoms with E-state index in [-0.39, 0.29) is 5.91 Å². The molecule has 4 heteroatoms. The monoisotopic (exact) mass is 342 g/mol. The van der Waals surface area contributed by atoms with Crippen LogP contribution in [0.25, 0.3) is 0 Å². The van der Waals surface area contributed by atoms with Crippen LogP contribution in [0.1, 0.15) is 42.4 Å². The van der Waals surface area contributed by atoms with E-state index < -0.39 is 0 Å². The highest BCUT2D eigenvalue weighted by molar-refractivity contribution is 5.79. The zero-order valence-electron chi connectivity index (χ0n) is 15.2. The van der Waals surface area contributed by atoms with Crippen molar-refractivity contribution in [1.29, 1.82) is 0 Å². The number of carbonyl (C=O) groups is 1. The molecule has 1 amide bonds. The number of benzene rings is 1. The lowest BCUT2D eigenvalue weighted by atomic mass is 9.90. The van der Waals surface area contributed by atoms with Gasteiger partial charge in [-0.1, -0.05) is 18.2 Å². The van der Waals surface area contributed by atoms with Crippen molar-refractivity contribution in [2.45, 2.75) is 51.0 Å². The molecule has 1 aliphatic carbocycles. The fourth-order valence-corrected chi connectivity index (χ4v) is 4.44. The molecule has 1 aromatic rings. The Morgan fingerprint density at radius 2 is 1.84 bits per heavy atom. The van der Waals surface area contributed by atoms with Crippen LogP contribution in [-0.2, 0) is 28.8 Å². The van der Waals surface area contributed by atoms with Crippen molar-refractivity contribution in [3.63, 3.8) is 0 Å². The van der Waals surface area contributed by atoms with E-state index in [0.29, 0.717) is 12.5 Å². The zero-order chi connectivity index (χ0) is 17.1. The number of nitrogens with zero attached hydrogens (tertiary/aromatic N) is 2. The van der Waals surface area contributed by atoms with E-state index in [1.165, 1.54) is 55.2 Å². The number of rotatable bonds is 4. The number of aryl methyl sites for hydroxylation is 2. The van der Waals surface area contributed by atoms with Gasteiger partial charge < -0.3 is 9.64 Å². The number of hydrogen-bond donors (Lipinski definition) is 0. The Hall–Kier alpha value is -1.39. The number of piperazine rings is 1. The smallest absolute Gasteiger partial charge is 0.227 e. The van der Waals surface area contributed by atoms with Crippen molar-refractivity contribution < 1.29 is 9.53 Å². The summed E-state index contributed by atoms with van der Waals surface area (Å²) in [6.07, 6.45) is 8.34. The lowest BCUT2D eigenvalue weighted by Gasteiger charge is -2.35. The molecule has 0 radical (unpaired) electrons. The first kappa shape index (κ1) is 17.0. The highest BCUT2D eigenvalue weighted by Crippen LogP contribution is 2.23. The SMILES string of the molecule is O=C(Cc1ccc2c(c1)CCCC2)N1CCN(CC2CCCO2)CC1. The van der Waals surface area contributed by atoms with Gasteiger partial charge in [-0.2, -0.15) is 0 Å². The van der Waals surface area contributed by atoms with E-state index in [9.17, 15) is 4.79 Å². The molecule has 0 saturated carbocycles. The summed E-state index contributed by atoms with van der Waals surface area (Å²) in [6, 6.07) is 6.69. The number of amides is 1. The highest BCUT2D eigenvalue weighted by atomic mass is 16.5. The van der Waals surface area contributed by atoms with E-state index in [4.69, 9.17) is 4.74 Å². The Morgan fingerprint density at radius 1 is 1.04 bits per heavy atom. The molecule has 2 heterocycles. The number of carbonyl (C=O) groups excluding carboxylic acids is 1. The van der Waals surface area contributed by atoms with E-state index in [0.717, 1.165) is 39.3 Å². The summed E-state index contributed by atoms with van der Waals surface area (Å²) in [4.78, 5) is 17.2. The fourth-order valence-electron chi connectivity index (χ4n) is 4.44. The van der Waals surface area contributed by atoms with Gasteiger partial charge in [0.1, 0.15) is 0 Å². The third kappa shape index (κ3) is 4.24. The third-order valence-electron chi connectivity index (χ3n) is 5.98. The van der Waals surface area contributed by atoms with Gasteiger partial charge in [-0.05, 0) is 55.2 Å². The van der Waals surface area contributed by atoms with Gasteiger partial charge >= 0.3 is 0 Å². The summed E-state index contributed by atoms with van der Waals surface area (Å²) in [6.45, 7) is 5.63. The second-order valence-electron chi connectivity index (χ2n) is 7.80. The molecule has 1 aromatic carbocycles. The summed E-state index contributed by atoms with van der Waals surface area (Å²) in [7, 11) is 0. The molecular weight excluding hydrogens is 312 g/mol. The van der Waals surface area contributed by atoms with Gasteiger partial charge in [0.15, 0.2) is 0 Å². The second kappa shape index (κ2) is 7.88. The van der Waals surface area contributed by atoms with E-state index >= 15 is 0 Å². The second-order valence-corrected chi connectivity index (χ2v) is 7.80. The molecule has 0 aromatic heterocycles. The van der Waals surface area contributed by atoms with Crippen LogP contribution in [-0.4, -0.2) is 61.1 Å². The fraction of sp³-hybridized carbons (Fsp3) is 0.667. The molecule has 25 heavy (non-hydrogen) atoms. The van der Waals surface area contributed by atoms with Crippen LogP contribution in [0, 0.1) is 0 Å². The van der Waals surface area contributed by atoms with Gasteiger partial charge in [0, 0.05) is 39.3 Å². The van der Waals surface area contributed by atoms with Gasteiger partial charge in [-0.15, -0.1) is 0 Å². The average molecular weight is 342 g/mol. The first-order valence-corrected chi connectivity index (χ1v) is 10.0. The summed E-state index contributed by atoms with van der Waals surface area (Å²) in [5.41, 5.74) is 4.15. The molecular formula is C21H30N2O2. The average Bonchev–Trinajstić information content (AvgIpc) is 3.15. The minimum absolute atomic E-state index is 0.285. The largest absolute Gasteiger partial charge is 0.377 e. The van der Waals surface area contributed by atoms with Crippen LogP contribution in [0.15, 0.2) is 18.2 Å². The molecule has 136 valence electrons. The van der Waals surface area contributed by atoms with E-state index in [2.05, 4.69) is 23.1 Å². The molecule has 0 spiro atoms. The number of ether oxygens (including phenoxy) is 1. The van der Waals surface area contributed by atoms with Gasteiger partial charge in [-0.25, -0.2) is 0 Å². The van der Waals surface area contributed by atoms with Crippen molar-refractivity contribution in [3.05, 3.63) is 34.9 Å². The van der Waals surface area contributed by atoms with E-state index in [1.54, 1.807) is 0 Å². The lowest BCUT2D eigenvalue weighted by molar-refractivity contribution is -0.132. The van der Waals surface area contributed by atoms with Crippen LogP contribution in [0.2, 0.25) is 0 Å². The molecule has 2 saturated heterocycles. The Labute approximate surface area is 151 Å². The first-order valence-electron chi connectivity index (χ1n) is 10.0. The predicted octanol–water partition coefficient (Wildman–Crippen LogP) is 2.43. The first-order chi connectivity index (χ1) is 12.3. The van der Waals surface area contributed by atoms with Gasteiger partial charge in [0.25, 0.3) is 0 Å². The molecule has 4 nitrogen and oxygen atoms in total. The minimum Gasteiger partial charge on any atom is -0.377 e. The lowest BCUT2D eigenvalue weighted by Crippen LogP contribution is -2.50. The summed E-state index contributed by atoms with van der Waals surface area (Å²) < 4.78 is 5.73. The molecule has 0 bridgehead atoms. The third-order valence-corrected chi connectivity index (χ3v) is 5.98. The number of fused-ring (bicyclic) bond motifs is 1. The van der Waals surface area contributed by atoms with Crippen molar-refractivity contribution >= 4 is 5.91 Å². The van der Waals surface area contributed by atoms with Crippen LogP contribution in [0.5, 0.6) is 0 Å². The summed E-state index contributed by atoms with van der Waals surface area (Å²) >= 11 is 0. The predicted molar refractivity (Wildman–Crippen MR) is 98.8 cm³/mol. The molecule has 1 atom stereocenters. The van der Waals surface area contributed by atoms with Crippen molar-refractivity contribution in [1.82, 2.24) is 9.80 Å². The van der Waals surface area contributed by atoms with Crippen LogP contribution < -0.4 is 0 Å². The van der Waals surface area contributed by atoms with Crippen LogP contribution >= 0.6 is 0 Å². The molecule has 0 N–H and O–H groups in total. The highest BCUT2D eigenvalue weighted by Gasteiger charge is 2.25. The van der Waals surface area contributed by atoms with Gasteiger partial charge in [0.2, 0.25) is 5.91 Å². The Balaban J connectivity index is 1.27. The summed E-state index contributed by atoms with van der Waals surface area (Å²) in [5, 5.41) is 0. The molecule has 4 rings (SSSR count). The van der Waals surface area contributed by atoms with Crippen molar-refractivity contribution in [2.24, 2.45) is 0 Å². The van der Waals surface area contributed by atoms with Crippen molar-refractivity contribution in [2.75, 3.05) is 39.3 Å². The molecule has 3 aliphatic rings. The maximum absolute atomic E-state index is 12.7. The van der Waals surface area contributed by atoms with Crippen LogP contribution in [0.4, 0.5) is 0 Å². The topological polar surface area (TPSA) is 32.8 Å². The molecule has 2 fully saturated rings. The van der Waals surface area contributed by atoms with Gasteiger partial charge in [-0.3, -0.25) is 9.69 Å². The normalized spacial score (nSPS) is 24.3. The minimum atomic E-state index is 0.285.